The van der Waals surface area contributed by atoms with E-state index < -0.39 is 0 Å². The maximum Gasteiger partial charge on any atom is 0.158 e. The number of aryl methyl sites for hydroxylation is 3. The Morgan fingerprint density at radius 3 is 2.50 bits per heavy atom. The third kappa shape index (κ3) is 2.71. The Morgan fingerprint density at radius 1 is 1.25 bits per heavy atom. The molecule has 0 amide bonds. The lowest BCUT2D eigenvalue weighted by molar-refractivity contribution is 0.421. The van der Waals surface area contributed by atoms with E-state index in [0.29, 0.717) is 17.8 Å². The molecule has 0 aliphatic rings. The molecule has 0 spiro atoms. The summed E-state index contributed by atoms with van der Waals surface area (Å²) in [7, 11) is 2.01. The van der Waals surface area contributed by atoms with Crippen molar-refractivity contribution in [1.82, 2.24) is 19.3 Å². The van der Waals surface area contributed by atoms with E-state index in [2.05, 4.69) is 37.4 Å². The molecule has 2 rings (SSSR count). The van der Waals surface area contributed by atoms with Crippen molar-refractivity contribution in [2.75, 3.05) is 5.88 Å². The minimum atomic E-state index is 0.415. The Kier molecular flexibility index (Phi) is 4.74. The number of nitrogens with zero attached hydrogens (tertiary/aromatic N) is 4. The zero-order valence-corrected chi connectivity index (χ0v) is 13.9. The Morgan fingerprint density at radius 2 is 1.95 bits per heavy atom. The number of alkyl halides is 1. The summed E-state index contributed by atoms with van der Waals surface area (Å²) in [4.78, 5) is 4.82. The lowest BCUT2D eigenvalue weighted by atomic mass is 10.0. The lowest BCUT2D eigenvalue weighted by Crippen LogP contribution is -2.14. The quantitative estimate of drug-likeness (QED) is 0.762. The van der Waals surface area contributed by atoms with Crippen molar-refractivity contribution < 1.29 is 0 Å². The van der Waals surface area contributed by atoms with E-state index in [4.69, 9.17) is 16.6 Å². The molecule has 4 nitrogen and oxygen atoms in total. The van der Waals surface area contributed by atoms with E-state index in [9.17, 15) is 0 Å². The van der Waals surface area contributed by atoms with Gasteiger partial charge in [0.1, 0.15) is 11.3 Å². The van der Waals surface area contributed by atoms with E-state index in [1.165, 1.54) is 0 Å². The maximum absolute atomic E-state index is 5.95. The molecule has 5 heteroatoms. The molecule has 0 aliphatic heterocycles. The molecule has 0 N–H and O–H groups in total. The zero-order chi connectivity index (χ0) is 14.9. The van der Waals surface area contributed by atoms with Gasteiger partial charge < -0.3 is 4.57 Å². The standard InChI is InChI=1S/C15H25ClN4/c1-6-12-14-15(19(5)18-12)20(11(4)9-10(2)3)13(17-14)7-8-16/h10-11H,6-9H2,1-5H3. The highest BCUT2D eigenvalue weighted by Crippen LogP contribution is 2.27. The first-order chi connectivity index (χ1) is 9.49. The average molecular weight is 297 g/mol. The van der Waals surface area contributed by atoms with E-state index in [-0.39, 0.29) is 0 Å². The Hall–Kier alpha value is -1.03. The van der Waals surface area contributed by atoms with Crippen LogP contribution in [0.5, 0.6) is 0 Å². The summed E-state index contributed by atoms with van der Waals surface area (Å²) in [5, 5.41) is 4.59. The van der Waals surface area contributed by atoms with E-state index in [1.807, 2.05) is 11.7 Å². The second kappa shape index (κ2) is 6.17. The number of hydrogen-bond acceptors (Lipinski definition) is 2. The Bertz CT molecular complexity index is 582. The van der Waals surface area contributed by atoms with Gasteiger partial charge in [-0.25, -0.2) is 4.98 Å². The van der Waals surface area contributed by atoms with Crippen LogP contribution in [0.2, 0.25) is 0 Å². The van der Waals surface area contributed by atoms with Gasteiger partial charge in [-0.05, 0) is 25.7 Å². The van der Waals surface area contributed by atoms with E-state index in [1.54, 1.807) is 0 Å². The molecule has 0 saturated carbocycles. The maximum atomic E-state index is 5.95. The molecule has 1 unspecified atom stereocenters. The van der Waals surface area contributed by atoms with Crippen molar-refractivity contribution in [2.24, 2.45) is 13.0 Å². The zero-order valence-electron chi connectivity index (χ0n) is 13.1. The van der Waals surface area contributed by atoms with Gasteiger partial charge in [-0.2, -0.15) is 5.10 Å². The molecule has 2 aromatic rings. The summed E-state index contributed by atoms with van der Waals surface area (Å²) < 4.78 is 4.31. The summed E-state index contributed by atoms with van der Waals surface area (Å²) in [6, 6.07) is 0.415. The molecule has 0 aromatic carbocycles. The van der Waals surface area contributed by atoms with Crippen LogP contribution in [0, 0.1) is 5.92 Å². The first kappa shape index (κ1) is 15.4. The summed E-state index contributed by atoms with van der Waals surface area (Å²) in [6.07, 6.45) is 2.85. The molecular weight excluding hydrogens is 272 g/mol. The number of aromatic nitrogens is 4. The number of halogens is 1. The first-order valence-corrected chi connectivity index (χ1v) is 8.01. The molecule has 0 radical (unpaired) electrons. The van der Waals surface area contributed by atoms with Crippen LogP contribution in [-0.2, 0) is 19.9 Å². The number of imidazole rings is 1. The second-order valence-electron chi connectivity index (χ2n) is 5.91. The molecule has 2 heterocycles. The highest BCUT2D eigenvalue weighted by Gasteiger charge is 2.21. The van der Waals surface area contributed by atoms with Crippen molar-refractivity contribution in [3.8, 4) is 0 Å². The van der Waals surface area contributed by atoms with Gasteiger partial charge in [-0.1, -0.05) is 20.8 Å². The summed E-state index contributed by atoms with van der Waals surface area (Å²) in [6.45, 7) is 8.90. The fraction of sp³-hybridized carbons (Fsp3) is 0.733. The third-order valence-electron chi connectivity index (χ3n) is 3.72. The Labute approximate surface area is 126 Å². The molecule has 1 atom stereocenters. The highest BCUT2D eigenvalue weighted by molar-refractivity contribution is 6.17. The van der Waals surface area contributed by atoms with Gasteiger partial charge in [0.15, 0.2) is 5.65 Å². The molecule has 0 aliphatic carbocycles. The first-order valence-electron chi connectivity index (χ1n) is 7.48. The molecular formula is C15H25ClN4. The molecule has 112 valence electrons. The SMILES string of the molecule is CCc1nn(C)c2c1nc(CCCl)n2C(C)CC(C)C. The van der Waals surface area contributed by atoms with Crippen LogP contribution in [-0.4, -0.2) is 25.2 Å². The molecule has 0 bridgehead atoms. The van der Waals surface area contributed by atoms with Crippen LogP contribution in [0.3, 0.4) is 0 Å². The lowest BCUT2D eigenvalue weighted by Gasteiger charge is -2.19. The fourth-order valence-electron chi connectivity index (χ4n) is 3.00. The second-order valence-corrected chi connectivity index (χ2v) is 6.29. The van der Waals surface area contributed by atoms with Crippen LogP contribution < -0.4 is 0 Å². The van der Waals surface area contributed by atoms with Crippen molar-refractivity contribution >= 4 is 22.8 Å². The van der Waals surface area contributed by atoms with Crippen molar-refractivity contribution in [2.45, 2.75) is 53.0 Å². The summed E-state index contributed by atoms with van der Waals surface area (Å²) >= 11 is 5.95. The van der Waals surface area contributed by atoms with Gasteiger partial charge in [0.2, 0.25) is 0 Å². The average Bonchev–Trinajstić information content (AvgIpc) is 2.87. The van der Waals surface area contributed by atoms with Crippen molar-refractivity contribution in [1.29, 1.82) is 0 Å². The van der Waals surface area contributed by atoms with Crippen LogP contribution in [0.25, 0.3) is 11.2 Å². The van der Waals surface area contributed by atoms with Gasteiger partial charge in [0.05, 0.1) is 5.69 Å². The summed E-state index contributed by atoms with van der Waals surface area (Å²) in [5.41, 5.74) is 3.26. The van der Waals surface area contributed by atoms with Crippen molar-refractivity contribution in [3.05, 3.63) is 11.5 Å². The highest BCUT2D eigenvalue weighted by atomic mass is 35.5. The Balaban J connectivity index is 2.58. The number of fused-ring (bicyclic) bond motifs is 1. The summed E-state index contributed by atoms with van der Waals surface area (Å²) in [5.74, 6) is 2.35. The largest absolute Gasteiger partial charge is 0.310 e. The predicted octanol–water partition coefficient (Wildman–Crippen LogP) is 3.72. The molecule has 0 saturated heterocycles. The van der Waals surface area contributed by atoms with E-state index >= 15 is 0 Å². The van der Waals surface area contributed by atoms with Crippen LogP contribution in [0.15, 0.2) is 0 Å². The monoisotopic (exact) mass is 296 g/mol. The smallest absolute Gasteiger partial charge is 0.158 e. The predicted molar refractivity (Wildman–Crippen MR) is 84.5 cm³/mol. The van der Waals surface area contributed by atoms with Crippen LogP contribution in [0.4, 0.5) is 0 Å². The molecule has 0 fully saturated rings. The third-order valence-corrected chi connectivity index (χ3v) is 3.90. The van der Waals surface area contributed by atoms with Gasteiger partial charge in [0.25, 0.3) is 0 Å². The number of rotatable bonds is 6. The molecule has 2 aromatic heterocycles. The number of hydrogen-bond donors (Lipinski definition) is 0. The van der Waals surface area contributed by atoms with Gasteiger partial charge in [-0.15, -0.1) is 11.6 Å². The van der Waals surface area contributed by atoms with Crippen LogP contribution >= 0.6 is 11.6 Å². The molecule has 20 heavy (non-hydrogen) atoms. The fourth-order valence-corrected chi connectivity index (χ4v) is 3.17. The van der Waals surface area contributed by atoms with Crippen LogP contribution in [0.1, 0.15) is 51.7 Å². The minimum absolute atomic E-state index is 0.415. The van der Waals surface area contributed by atoms with Crippen molar-refractivity contribution in [3.63, 3.8) is 0 Å². The minimum Gasteiger partial charge on any atom is -0.310 e. The van der Waals surface area contributed by atoms with Gasteiger partial charge in [-0.3, -0.25) is 4.68 Å². The topological polar surface area (TPSA) is 35.6 Å². The van der Waals surface area contributed by atoms with Gasteiger partial charge >= 0.3 is 0 Å². The normalized spacial score (nSPS) is 13.6. The van der Waals surface area contributed by atoms with Gasteiger partial charge in [0, 0.05) is 25.4 Å². The van der Waals surface area contributed by atoms with E-state index in [0.717, 1.165) is 41.9 Å².